The first-order valence-corrected chi connectivity index (χ1v) is 9.81. The summed E-state index contributed by atoms with van der Waals surface area (Å²) in [5, 5.41) is 2.41. The molecule has 0 saturated carbocycles. The molecule has 0 aliphatic carbocycles. The SMILES string of the molecule is CC1(C)OB(c2cc(-c3ccccc3)c3[nH]c4ccccc4c3c2)OC1(C)C. The molecular formula is C24H24BNO2. The summed E-state index contributed by atoms with van der Waals surface area (Å²) in [5.74, 6) is 0. The predicted octanol–water partition coefficient (Wildman–Crippen LogP) is 5.29. The molecule has 0 radical (unpaired) electrons. The van der Waals surface area contributed by atoms with Crippen LogP contribution in [0.15, 0.2) is 66.7 Å². The zero-order chi connectivity index (χ0) is 19.5. The predicted molar refractivity (Wildman–Crippen MR) is 117 cm³/mol. The Labute approximate surface area is 165 Å². The standard InChI is InChI=1S/C24H24BNO2/c1-23(2)24(3,4)28-25(27-23)17-14-19(16-10-6-5-7-11-16)22-20(15-17)18-12-8-9-13-21(18)26-22/h5-15,26H,1-4H3. The number of aromatic nitrogens is 1. The molecule has 4 heteroatoms. The van der Waals surface area contributed by atoms with Gasteiger partial charge in [-0.3, -0.25) is 0 Å². The summed E-state index contributed by atoms with van der Waals surface area (Å²) in [7, 11) is -0.384. The zero-order valence-corrected chi connectivity index (χ0v) is 16.7. The lowest BCUT2D eigenvalue weighted by atomic mass is 9.77. The maximum absolute atomic E-state index is 6.35. The number of fused-ring (bicyclic) bond motifs is 3. The number of nitrogens with one attached hydrogen (secondary N) is 1. The number of hydrogen-bond acceptors (Lipinski definition) is 2. The van der Waals surface area contributed by atoms with Crippen LogP contribution in [0.25, 0.3) is 32.9 Å². The Morgan fingerprint density at radius 2 is 1.39 bits per heavy atom. The molecule has 3 aromatic carbocycles. The molecule has 0 atom stereocenters. The Morgan fingerprint density at radius 3 is 2.11 bits per heavy atom. The maximum Gasteiger partial charge on any atom is 0.494 e. The van der Waals surface area contributed by atoms with Crippen LogP contribution in [0, 0.1) is 0 Å². The molecule has 3 nitrogen and oxygen atoms in total. The fourth-order valence-electron chi connectivity index (χ4n) is 3.93. The zero-order valence-electron chi connectivity index (χ0n) is 16.7. The first-order valence-electron chi connectivity index (χ1n) is 9.81. The van der Waals surface area contributed by atoms with Gasteiger partial charge in [0.2, 0.25) is 0 Å². The minimum Gasteiger partial charge on any atom is -0.399 e. The first kappa shape index (κ1) is 17.5. The normalized spacial score (nSPS) is 18.2. The lowest BCUT2D eigenvalue weighted by Crippen LogP contribution is -2.41. The van der Waals surface area contributed by atoms with Crippen molar-refractivity contribution in [1.29, 1.82) is 0 Å². The van der Waals surface area contributed by atoms with Crippen LogP contribution in [-0.4, -0.2) is 23.3 Å². The molecule has 0 amide bonds. The Kier molecular flexibility index (Phi) is 3.74. The Balaban J connectivity index is 1.76. The minimum atomic E-state index is -0.384. The van der Waals surface area contributed by atoms with Crippen LogP contribution in [0.3, 0.4) is 0 Å². The molecule has 1 fully saturated rings. The number of aromatic amines is 1. The van der Waals surface area contributed by atoms with Crippen molar-refractivity contribution < 1.29 is 9.31 Å². The van der Waals surface area contributed by atoms with Crippen molar-refractivity contribution in [3.05, 3.63) is 66.7 Å². The van der Waals surface area contributed by atoms with Crippen LogP contribution >= 0.6 is 0 Å². The highest BCUT2D eigenvalue weighted by Gasteiger charge is 2.51. The van der Waals surface area contributed by atoms with Gasteiger partial charge in [-0.25, -0.2) is 0 Å². The lowest BCUT2D eigenvalue weighted by molar-refractivity contribution is 0.00578. The third-order valence-electron chi connectivity index (χ3n) is 6.25. The molecule has 0 bridgehead atoms. The molecule has 1 aliphatic heterocycles. The topological polar surface area (TPSA) is 34.2 Å². The monoisotopic (exact) mass is 369 g/mol. The van der Waals surface area contributed by atoms with Gasteiger partial charge in [0, 0.05) is 21.9 Å². The van der Waals surface area contributed by atoms with Crippen molar-refractivity contribution in [2.75, 3.05) is 0 Å². The van der Waals surface area contributed by atoms with Gasteiger partial charge in [0.1, 0.15) is 0 Å². The van der Waals surface area contributed by atoms with Crippen molar-refractivity contribution in [1.82, 2.24) is 4.98 Å². The van der Waals surface area contributed by atoms with Crippen molar-refractivity contribution >= 4 is 34.4 Å². The van der Waals surface area contributed by atoms with Gasteiger partial charge >= 0.3 is 7.12 Å². The quantitative estimate of drug-likeness (QED) is 0.488. The van der Waals surface area contributed by atoms with E-state index in [0.29, 0.717) is 0 Å². The smallest absolute Gasteiger partial charge is 0.399 e. The van der Waals surface area contributed by atoms with Crippen LogP contribution in [0.5, 0.6) is 0 Å². The summed E-state index contributed by atoms with van der Waals surface area (Å²) in [6.45, 7) is 8.37. The van der Waals surface area contributed by atoms with E-state index in [2.05, 4.69) is 93.3 Å². The van der Waals surface area contributed by atoms with Crippen LogP contribution in [0.4, 0.5) is 0 Å². The van der Waals surface area contributed by atoms with Gasteiger partial charge in [0.25, 0.3) is 0 Å². The number of benzene rings is 3. The second-order valence-electron chi connectivity index (χ2n) is 8.62. The fourth-order valence-corrected chi connectivity index (χ4v) is 3.93. The van der Waals surface area contributed by atoms with Gasteiger partial charge in [0.05, 0.1) is 16.7 Å². The molecule has 28 heavy (non-hydrogen) atoms. The number of para-hydroxylation sites is 1. The van der Waals surface area contributed by atoms with E-state index < -0.39 is 0 Å². The van der Waals surface area contributed by atoms with Gasteiger partial charge in [-0.1, -0.05) is 60.7 Å². The van der Waals surface area contributed by atoms with Gasteiger partial charge in [-0.05, 0) is 44.8 Å². The van der Waals surface area contributed by atoms with Gasteiger partial charge in [-0.2, -0.15) is 0 Å². The van der Waals surface area contributed by atoms with E-state index in [1.807, 2.05) is 6.07 Å². The van der Waals surface area contributed by atoms with Gasteiger partial charge < -0.3 is 14.3 Å². The fraction of sp³-hybridized carbons (Fsp3) is 0.250. The molecule has 1 saturated heterocycles. The van der Waals surface area contributed by atoms with E-state index in [-0.39, 0.29) is 18.3 Å². The Hall–Kier alpha value is -2.56. The molecule has 0 spiro atoms. The van der Waals surface area contributed by atoms with Crippen molar-refractivity contribution in [3.63, 3.8) is 0 Å². The molecule has 1 aromatic heterocycles. The van der Waals surface area contributed by atoms with E-state index >= 15 is 0 Å². The summed E-state index contributed by atoms with van der Waals surface area (Å²) in [4.78, 5) is 3.61. The number of rotatable bonds is 2. The summed E-state index contributed by atoms with van der Waals surface area (Å²) in [5.41, 5.74) is 4.96. The van der Waals surface area contributed by atoms with Crippen molar-refractivity contribution in [2.45, 2.75) is 38.9 Å². The molecule has 0 unspecified atom stereocenters. The average molecular weight is 369 g/mol. The largest absolute Gasteiger partial charge is 0.494 e. The summed E-state index contributed by atoms with van der Waals surface area (Å²) in [6, 6.07) is 23.3. The third kappa shape index (κ3) is 2.60. The van der Waals surface area contributed by atoms with Gasteiger partial charge in [-0.15, -0.1) is 0 Å². The van der Waals surface area contributed by atoms with E-state index in [0.717, 1.165) is 16.5 Å². The van der Waals surface area contributed by atoms with Crippen molar-refractivity contribution in [3.8, 4) is 11.1 Å². The second-order valence-corrected chi connectivity index (χ2v) is 8.62. The molecule has 1 N–H and O–H groups in total. The van der Waals surface area contributed by atoms with Crippen LogP contribution in [0.2, 0.25) is 0 Å². The van der Waals surface area contributed by atoms with E-state index in [1.165, 1.54) is 21.9 Å². The minimum absolute atomic E-state index is 0.361. The van der Waals surface area contributed by atoms with Crippen LogP contribution < -0.4 is 5.46 Å². The number of hydrogen-bond donors (Lipinski definition) is 1. The highest BCUT2D eigenvalue weighted by atomic mass is 16.7. The Bertz CT molecular complexity index is 1160. The Morgan fingerprint density at radius 1 is 0.750 bits per heavy atom. The lowest BCUT2D eigenvalue weighted by Gasteiger charge is -2.32. The second kappa shape index (κ2) is 5.97. The van der Waals surface area contributed by atoms with Gasteiger partial charge in [0.15, 0.2) is 0 Å². The summed E-state index contributed by atoms with van der Waals surface area (Å²) >= 11 is 0. The molecule has 2 heterocycles. The molecule has 4 aromatic rings. The first-order chi connectivity index (χ1) is 13.4. The van der Waals surface area contributed by atoms with E-state index in [1.54, 1.807) is 0 Å². The summed E-state index contributed by atoms with van der Waals surface area (Å²) in [6.07, 6.45) is 0. The van der Waals surface area contributed by atoms with Crippen LogP contribution in [0.1, 0.15) is 27.7 Å². The molecule has 140 valence electrons. The molecular weight excluding hydrogens is 345 g/mol. The number of H-pyrrole nitrogens is 1. The summed E-state index contributed by atoms with van der Waals surface area (Å²) < 4.78 is 12.7. The molecule has 5 rings (SSSR count). The van der Waals surface area contributed by atoms with Crippen molar-refractivity contribution in [2.24, 2.45) is 0 Å². The van der Waals surface area contributed by atoms with E-state index in [9.17, 15) is 0 Å². The molecule has 1 aliphatic rings. The highest BCUT2D eigenvalue weighted by molar-refractivity contribution is 6.62. The van der Waals surface area contributed by atoms with Crippen LogP contribution in [-0.2, 0) is 9.31 Å². The highest BCUT2D eigenvalue weighted by Crippen LogP contribution is 2.38. The van der Waals surface area contributed by atoms with E-state index in [4.69, 9.17) is 9.31 Å². The maximum atomic E-state index is 6.35. The average Bonchev–Trinajstić information content (AvgIpc) is 3.15. The third-order valence-corrected chi connectivity index (χ3v) is 6.25.